The summed E-state index contributed by atoms with van der Waals surface area (Å²) in [4.78, 5) is 0. The van der Waals surface area contributed by atoms with Crippen LogP contribution in [0.1, 0.15) is 24.8 Å². The number of hydrogen-bond acceptors (Lipinski definition) is 2. The molecule has 0 spiro atoms. The fraction of sp³-hybridized carbons (Fsp3) is 0.538. The van der Waals surface area contributed by atoms with Crippen LogP contribution in [0.2, 0.25) is 0 Å². The predicted octanol–water partition coefficient (Wildman–Crippen LogP) is 4.02. The van der Waals surface area contributed by atoms with Gasteiger partial charge in [-0.25, -0.2) is 0 Å². The van der Waals surface area contributed by atoms with Crippen molar-refractivity contribution in [3.8, 4) is 0 Å². The maximum Gasteiger partial charge on any atom is 0.418 e. The second-order valence-corrected chi connectivity index (χ2v) is 5.64. The van der Waals surface area contributed by atoms with Gasteiger partial charge >= 0.3 is 6.18 Å². The van der Waals surface area contributed by atoms with Crippen LogP contribution in [-0.2, 0) is 6.18 Å². The van der Waals surface area contributed by atoms with Gasteiger partial charge in [-0.05, 0) is 37.6 Å². The van der Waals surface area contributed by atoms with Crippen LogP contribution in [0.15, 0.2) is 22.7 Å². The van der Waals surface area contributed by atoms with Gasteiger partial charge in [0.1, 0.15) is 0 Å². The first-order chi connectivity index (χ1) is 8.97. The lowest BCUT2D eigenvalue weighted by molar-refractivity contribution is -0.137. The Bertz CT molecular complexity index is 426. The minimum Gasteiger partial charge on any atom is -0.381 e. The summed E-state index contributed by atoms with van der Waals surface area (Å²) in [5.74, 6) is 0. The average Bonchev–Trinajstić information content (AvgIpc) is 2.56. The molecule has 1 heterocycles. The summed E-state index contributed by atoms with van der Waals surface area (Å²) in [6.07, 6.45) is -1.35. The van der Waals surface area contributed by atoms with Gasteiger partial charge in [0.15, 0.2) is 0 Å². The Labute approximate surface area is 118 Å². The molecule has 2 N–H and O–H groups in total. The van der Waals surface area contributed by atoms with Crippen LogP contribution < -0.4 is 10.6 Å². The van der Waals surface area contributed by atoms with Gasteiger partial charge in [0.25, 0.3) is 0 Å². The molecule has 1 aromatic carbocycles. The van der Waals surface area contributed by atoms with E-state index in [1.54, 1.807) is 0 Å². The molecule has 0 radical (unpaired) electrons. The molecule has 0 bridgehead atoms. The number of hydrogen-bond donors (Lipinski definition) is 2. The molecule has 1 aromatic rings. The van der Waals surface area contributed by atoms with E-state index < -0.39 is 11.7 Å². The molecule has 1 aliphatic heterocycles. The van der Waals surface area contributed by atoms with Gasteiger partial charge in [-0.1, -0.05) is 22.4 Å². The van der Waals surface area contributed by atoms with E-state index in [4.69, 9.17) is 0 Å². The summed E-state index contributed by atoms with van der Waals surface area (Å²) in [6, 6.07) is 4.06. The zero-order valence-electron chi connectivity index (χ0n) is 10.4. The number of nitrogens with one attached hydrogen (secondary N) is 2. The second kappa shape index (κ2) is 6.13. The van der Waals surface area contributed by atoms with Crippen molar-refractivity contribution in [2.75, 3.05) is 18.4 Å². The second-order valence-electron chi connectivity index (χ2n) is 4.73. The van der Waals surface area contributed by atoms with Gasteiger partial charge < -0.3 is 10.6 Å². The Kier molecular flexibility index (Phi) is 4.73. The molecule has 0 aromatic heterocycles. The molecule has 1 aliphatic rings. The highest BCUT2D eigenvalue weighted by Crippen LogP contribution is 2.36. The Morgan fingerprint density at radius 3 is 2.79 bits per heavy atom. The molecule has 2 nitrogen and oxygen atoms in total. The van der Waals surface area contributed by atoms with Crippen molar-refractivity contribution in [1.29, 1.82) is 0 Å². The minimum atomic E-state index is -4.33. The number of benzene rings is 1. The van der Waals surface area contributed by atoms with Crippen molar-refractivity contribution < 1.29 is 13.2 Å². The van der Waals surface area contributed by atoms with Crippen LogP contribution in [0.4, 0.5) is 18.9 Å². The molecule has 106 valence electrons. The van der Waals surface area contributed by atoms with Gasteiger partial charge in [0.05, 0.1) is 5.56 Å². The monoisotopic (exact) mass is 336 g/mol. The van der Waals surface area contributed by atoms with E-state index >= 15 is 0 Å². The molecule has 0 saturated carbocycles. The quantitative estimate of drug-likeness (QED) is 0.852. The molecule has 2 rings (SSSR count). The van der Waals surface area contributed by atoms with Crippen LogP contribution in [0.5, 0.6) is 0 Å². The number of alkyl halides is 3. The summed E-state index contributed by atoms with van der Waals surface area (Å²) >= 11 is 3.22. The highest BCUT2D eigenvalue weighted by molar-refractivity contribution is 9.10. The van der Waals surface area contributed by atoms with Crippen LogP contribution >= 0.6 is 15.9 Å². The molecule has 6 heteroatoms. The van der Waals surface area contributed by atoms with Crippen molar-refractivity contribution in [3.05, 3.63) is 28.2 Å². The Balaban J connectivity index is 2.20. The van der Waals surface area contributed by atoms with E-state index in [0.29, 0.717) is 11.0 Å². The maximum absolute atomic E-state index is 12.9. The Morgan fingerprint density at radius 1 is 1.26 bits per heavy atom. The third-order valence-corrected chi connectivity index (χ3v) is 3.69. The smallest absolute Gasteiger partial charge is 0.381 e. The van der Waals surface area contributed by atoms with Crippen LogP contribution in [-0.4, -0.2) is 19.1 Å². The number of anilines is 1. The lowest BCUT2D eigenvalue weighted by Crippen LogP contribution is -2.31. The standard InChI is InChI=1S/C13H16BrF3N2/c14-9-4-5-11(13(15,16)17)12(7-9)19-10-3-1-2-6-18-8-10/h4-5,7,10,18-19H,1-3,6,8H2. The number of rotatable bonds is 2. The van der Waals surface area contributed by atoms with Gasteiger partial charge in [-0.15, -0.1) is 0 Å². The van der Waals surface area contributed by atoms with E-state index in [-0.39, 0.29) is 11.7 Å². The normalized spacial score (nSPS) is 20.9. The fourth-order valence-corrected chi connectivity index (χ4v) is 2.61. The summed E-state index contributed by atoms with van der Waals surface area (Å²) in [5.41, 5.74) is -0.462. The molecule has 1 unspecified atom stereocenters. The molecule has 19 heavy (non-hydrogen) atoms. The largest absolute Gasteiger partial charge is 0.418 e. The first-order valence-corrected chi connectivity index (χ1v) is 7.10. The topological polar surface area (TPSA) is 24.1 Å². The van der Waals surface area contributed by atoms with Gasteiger partial charge in [-0.2, -0.15) is 13.2 Å². The van der Waals surface area contributed by atoms with E-state index in [9.17, 15) is 13.2 Å². The highest BCUT2D eigenvalue weighted by Gasteiger charge is 2.34. The summed E-state index contributed by atoms with van der Waals surface area (Å²) in [5, 5.41) is 6.26. The maximum atomic E-state index is 12.9. The van der Waals surface area contributed by atoms with Crippen molar-refractivity contribution in [1.82, 2.24) is 5.32 Å². The molecule has 1 atom stereocenters. The highest BCUT2D eigenvalue weighted by atomic mass is 79.9. The van der Waals surface area contributed by atoms with E-state index in [0.717, 1.165) is 31.9 Å². The van der Waals surface area contributed by atoms with E-state index in [1.807, 2.05) is 0 Å². The molecular formula is C13H16BrF3N2. The third-order valence-electron chi connectivity index (χ3n) is 3.19. The van der Waals surface area contributed by atoms with Crippen molar-refractivity contribution in [2.45, 2.75) is 31.5 Å². The van der Waals surface area contributed by atoms with Crippen molar-refractivity contribution in [3.63, 3.8) is 0 Å². The average molecular weight is 337 g/mol. The fourth-order valence-electron chi connectivity index (χ4n) is 2.25. The zero-order valence-corrected chi connectivity index (χ0v) is 11.9. The Morgan fingerprint density at radius 2 is 2.05 bits per heavy atom. The summed E-state index contributed by atoms with van der Waals surface area (Å²) < 4.78 is 39.5. The zero-order chi connectivity index (χ0) is 13.9. The molecule has 0 aliphatic carbocycles. The Hall–Kier alpha value is -0.750. The molecule has 0 amide bonds. The van der Waals surface area contributed by atoms with Crippen LogP contribution in [0, 0.1) is 0 Å². The van der Waals surface area contributed by atoms with Crippen LogP contribution in [0.25, 0.3) is 0 Å². The lowest BCUT2D eigenvalue weighted by Gasteiger charge is -2.21. The SMILES string of the molecule is FC(F)(F)c1ccc(Br)cc1NC1CCCCNC1. The summed E-state index contributed by atoms with van der Waals surface area (Å²) in [7, 11) is 0. The van der Waals surface area contributed by atoms with E-state index in [1.165, 1.54) is 12.1 Å². The van der Waals surface area contributed by atoms with Gasteiger partial charge in [0, 0.05) is 22.7 Å². The van der Waals surface area contributed by atoms with E-state index in [2.05, 4.69) is 26.6 Å². The number of halogens is 4. The first kappa shape index (κ1) is 14.7. The lowest BCUT2D eigenvalue weighted by atomic mass is 10.1. The molecular weight excluding hydrogens is 321 g/mol. The minimum absolute atomic E-state index is 0.0397. The molecule has 1 saturated heterocycles. The third kappa shape index (κ3) is 4.11. The van der Waals surface area contributed by atoms with Gasteiger partial charge in [0.2, 0.25) is 0 Å². The first-order valence-electron chi connectivity index (χ1n) is 6.31. The molecule has 1 fully saturated rings. The van der Waals surface area contributed by atoms with Gasteiger partial charge in [-0.3, -0.25) is 0 Å². The predicted molar refractivity (Wildman–Crippen MR) is 73.3 cm³/mol. The van der Waals surface area contributed by atoms with Crippen molar-refractivity contribution in [2.24, 2.45) is 0 Å². The van der Waals surface area contributed by atoms with Crippen molar-refractivity contribution >= 4 is 21.6 Å². The van der Waals surface area contributed by atoms with Crippen LogP contribution in [0.3, 0.4) is 0 Å². The summed E-state index contributed by atoms with van der Waals surface area (Å²) in [6.45, 7) is 1.63.